The number of hydrogen-bond donors (Lipinski definition) is 0. The number of amides is 1. The van der Waals surface area contributed by atoms with Gasteiger partial charge in [-0.05, 0) is 49.4 Å². The number of carbonyl (C=O) groups excluding carboxylic acids is 1. The summed E-state index contributed by atoms with van der Waals surface area (Å²) in [6.45, 7) is 1.87. The Morgan fingerprint density at radius 3 is 2.75 bits per heavy atom. The molecule has 0 radical (unpaired) electrons. The van der Waals surface area contributed by atoms with Gasteiger partial charge in [0, 0.05) is 19.3 Å². The van der Waals surface area contributed by atoms with Gasteiger partial charge in [-0.25, -0.2) is 4.79 Å². The van der Waals surface area contributed by atoms with Crippen LogP contribution in [0.25, 0.3) is 0 Å². The number of hydrogen-bond acceptors (Lipinski definition) is 5. The van der Waals surface area contributed by atoms with E-state index in [0.717, 1.165) is 36.3 Å². The molecule has 152 valence electrons. The van der Waals surface area contributed by atoms with Crippen LogP contribution >= 0.6 is 11.3 Å². The molecule has 28 heavy (non-hydrogen) atoms. The fourth-order valence-corrected chi connectivity index (χ4v) is 3.59. The fraction of sp³-hybridized carbons (Fsp3) is 0.474. The van der Waals surface area contributed by atoms with E-state index in [-0.39, 0.29) is 18.6 Å². The number of likely N-dealkylation sites (tertiary alicyclic amines) is 1. The Kier molecular flexibility index (Phi) is 6.77. The minimum Gasteiger partial charge on any atom is -0.494 e. The summed E-state index contributed by atoms with van der Waals surface area (Å²) in [5, 5.41) is 0. The lowest BCUT2D eigenvalue weighted by Gasteiger charge is -2.32. The third kappa shape index (κ3) is 5.85. The van der Waals surface area contributed by atoms with E-state index >= 15 is 0 Å². The van der Waals surface area contributed by atoms with Crippen molar-refractivity contribution in [1.82, 2.24) is 9.88 Å². The number of nitrogens with zero attached hydrogens (tertiary/aromatic N) is 2. The second-order valence-electron chi connectivity index (χ2n) is 6.64. The molecule has 2 heterocycles. The van der Waals surface area contributed by atoms with Crippen LogP contribution in [0.15, 0.2) is 36.0 Å². The van der Waals surface area contributed by atoms with Gasteiger partial charge < -0.3 is 14.4 Å². The van der Waals surface area contributed by atoms with Crippen molar-refractivity contribution in [2.24, 2.45) is 5.92 Å². The van der Waals surface area contributed by atoms with Crippen molar-refractivity contribution in [3.8, 4) is 5.75 Å². The molecule has 1 aromatic heterocycles. The highest BCUT2D eigenvalue weighted by Crippen LogP contribution is 2.30. The number of ether oxygens (including phenoxy) is 2. The van der Waals surface area contributed by atoms with E-state index < -0.39 is 11.7 Å². The van der Waals surface area contributed by atoms with Crippen LogP contribution in [-0.2, 0) is 17.5 Å². The summed E-state index contributed by atoms with van der Waals surface area (Å²) in [4.78, 5) is 18.8. The van der Waals surface area contributed by atoms with Crippen LogP contribution < -0.4 is 4.74 Å². The predicted molar refractivity (Wildman–Crippen MR) is 98.2 cm³/mol. The molecule has 9 heteroatoms. The summed E-state index contributed by atoms with van der Waals surface area (Å²) >= 11 is 1.44. The monoisotopic (exact) mass is 414 g/mol. The highest BCUT2D eigenvalue weighted by Gasteiger charge is 2.30. The number of aromatic nitrogens is 1. The summed E-state index contributed by atoms with van der Waals surface area (Å²) in [6.07, 6.45) is -0.412. The van der Waals surface area contributed by atoms with E-state index in [4.69, 9.17) is 9.47 Å². The molecule has 1 saturated heterocycles. The van der Waals surface area contributed by atoms with Crippen molar-refractivity contribution in [1.29, 1.82) is 0 Å². The van der Waals surface area contributed by atoms with Gasteiger partial charge in [0.15, 0.2) is 0 Å². The van der Waals surface area contributed by atoms with Gasteiger partial charge in [-0.15, -0.1) is 11.3 Å². The summed E-state index contributed by atoms with van der Waals surface area (Å²) in [5.74, 6) is 0.684. The molecule has 0 aliphatic carbocycles. The molecule has 1 amide bonds. The number of rotatable bonds is 6. The number of piperidine rings is 1. The van der Waals surface area contributed by atoms with Crippen LogP contribution in [0, 0.1) is 5.92 Å². The summed E-state index contributed by atoms with van der Waals surface area (Å²) in [5.41, 5.74) is 0.996. The van der Waals surface area contributed by atoms with Gasteiger partial charge in [0.05, 0.1) is 22.6 Å². The Hall–Kier alpha value is -2.29. The Morgan fingerprint density at radius 1 is 1.29 bits per heavy atom. The van der Waals surface area contributed by atoms with Crippen LogP contribution in [0.1, 0.15) is 29.7 Å². The van der Waals surface area contributed by atoms with Crippen LogP contribution in [0.5, 0.6) is 5.75 Å². The van der Waals surface area contributed by atoms with Crippen LogP contribution in [0.3, 0.4) is 0 Å². The SMILES string of the molecule is O=C(OCc1cncs1)N1CCCC(CCOc2ccc(C(F)(F)F)cc2)C1. The third-order valence-corrected chi connectivity index (χ3v) is 5.33. The second kappa shape index (κ2) is 9.27. The summed E-state index contributed by atoms with van der Waals surface area (Å²) in [6, 6.07) is 4.67. The topological polar surface area (TPSA) is 51.7 Å². The van der Waals surface area contributed by atoms with Crippen molar-refractivity contribution in [3.05, 3.63) is 46.4 Å². The number of thiazole rings is 1. The molecule has 0 spiro atoms. The van der Waals surface area contributed by atoms with Crippen molar-refractivity contribution in [3.63, 3.8) is 0 Å². The zero-order chi connectivity index (χ0) is 20.0. The van der Waals surface area contributed by atoms with Gasteiger partial charge >= 0.3 is 12.3 Å². The Bertz CT molecular complexity index is 751. The molecule has 5 nitrogen and oxygen atoms in total. The Balaban J connectivity index is 1.40. The maximum Gasteiger partial charge on any atom is 0.416 e. The largest absolute Gasteiger partial charge is 0.494 e. The van der Waals surface area contributed by atoms with Gasteiger partial charge in [-0.1, -0.05) is 0 Å². The van der Waals surface area contributed by atoms with E-state index in [1.54, 1.807) is 16.6 Å². The first-order valence-corrected chi connectivity index (χ1v) is 9.89. The molecule has 0 bridgehead atoms. The highest BCUT2D eigenvalue weighted by atomic mass is 32.1. The van der Waals surface area contributed by atoms with E-state index in [0.29, 0.717) is 25.4 Å². The van der Waals surface area contributed by atoms with Gasteiger partial charge in [-0.2, -0.15) is 13.2 Å². The van der Waals surface area contributed by atoms with Gasteiger partial charge in [-0.3, -0.25) is 4.98 Å². The van der Waals surface area contributed by atoms with Crippen LogP contribution in [-0.4, -0.2) is 35.7 Å². The normalized spacial score (nSPS) is 17.4. The van der Waals surface area contributed by atoms with Crippen LogP contribution in [0.2, 0.25) is 0 Å². The molecule has 0 saturated carbocycles. The minimum absolute atomic E-state index is 0.224. The first-order valence-electron chi connectivity index (χ1n) is 9.01. The van der Waals surface area contributed by atoms with Crippen molar-refractivity contribution in [2.75, 3.05) is 19.7 Å². The number of alkyl halides is 3. The van der Waals surface area contributed by atoms with E-state index in [2.05, 4.69) is 4.98 Å². The van der Waals surface area contributed by atoms with E-state index in [9.17, 15) is 18.0 Å². The van der Waals surface area contributed by atoms with Crippen molar-refractivity contribution in [2.45, 2.75) is 32.0 Å². The molecule has 1 fully saturated rings. The number of benzene rings is 1. The quantitative estimate of drug-likeness (QED) is 0.669. The average Bonchev–Trinajstić information content (AvgIpc) is 3.20. The first-order chi connectivity index (χ1) is 13.4. The molecule has 3 rings (SSSR count). The Morgan fingerprint density at radius 2 is 2.07 bits per heavy atom. The maximum absolute atomic E-state index is 12.6. The lowest BCUT2D eigenvalue weighted by atomic mass is 9.95. The van der Waals surface area contributed by atoms with Crippen LogP contribution in [0.4, 0.5) is 18.0 Å². The van der Waals surface area contributed by atoms with Gasteiger partial charge in [0.25, 0.3) is 0 Å². The first kappa shape index (κ1) is 20.4. The highest BCUT2D eigenvalue weighted by molar-refractivity contribution is 7.09. The van der Waals surface area contributed by atoms with Crippen molar-refractivity contribution >= 4 is 17.4 Å². The second-order valence-corrected chi connectivity index (χ2v) is 7.61. The molecule has 2 aromatic rings. The lowest BCUT2D eigenvalue weighted by molar-refractivity contribution is -0.137. The zero-order valence-corrected chi connectivity index (χ0v) is 16.0. The summed E-state index contributed by atoms with van der Waals surface area (Å²) < 4.78 is 48.6. The standard InChI is InChI=1S/C19H21F3N2O3S/c20-19(21,22)15-3-5-16(6-4-15)26-9-7-14-2-1-8-24(11-14)18(25)27-12-17-10-23-13-28-17/h3-6,10,13-14H,1-2,7-9,11-12H2. The molecular formula is C19H21F3N2O3S. The molecule has 1 aliphatic heterocycles. The van der Waals surface area contributed by atoms with E-state index in [1.807, 2.05) is 0 Å². The van der Waals surface area contributed by atoms with Crippen molar-refractivity contribution < 1.29 is 27.4 Å². The number of carbonyl (C=O) groups is 1. The number of halogens is 3. The van der Waals surface area contributed by atoms with Gasteiger partial charge in [0.2, 0.25) is 0 Å². The third-order valence-electron chi connectivity index (χ3n) is 4.58. The maximum atomic E-state index is 12.6. The van der Waals surface area contributed by atoms with E-state index in [1.165, 1.54) is 23.5 Å². The summed E-state index contributed by atoms with van der Waals surface area (Å²) in [7, 11) is 0. The molecule has 1 unspecified atom stereocenters. The average molecular weight is 414 g/mol. The predicted octanol–water partition coefficient (Wildman–Crippen LogP) is 4.98. The minimum atomic E-state index is -4.35. The Labute approximate surface area is 165 Å². The molecule has 1 atom stereocenters. The molecular weight excluding hydrogens is 393 g/mol. The molecule has 0 N–H and O–H groups in total. The van der Waals surface area contributed by atoms with Gasteiger partial charge in [0.1, 0.15) is 12.4 Å². The lowest BCUT2D eigenvalue weighted by Crippen LogP contribution is -2.40. The molecule has 1 aromatic carbocycles. The smallest absolute Gasteiger partial charge is 0.416 e. The zero-order valence-electron chi connectivity index (χ0n) is 15.2. The molecule has 1 aliphatic rings. The fourth-order valence-electron chi connectivity index (χ4n) is 3.09.